The Morgan fingerprint density at radius 3 is 1.64 bits per heavy atom. The van der Waals surface area contributed by atoms with Gasteiger partial charge in [-0.05, 0) is 19.3 Å². The number of carbonyl (C=O) groups excluding carboxylic acids is 1. The van der Waals surface area contributed by atoms with Crippen LogP contribution < -0.4 is 5.32 Å². The Hall–Kier alpha value is -0.760. The summed E-state index contributed by atoms with van der Waals surface area (Å²) in [7, 11) is 1.57. The quantitative estimate of drug-likeness (QED) is 0.0280. The van der Waals surface area contributed by atoms with Crippen LogP contribution in [0.2, 0.25) is 0 Å². The van der Waals surface area contributed by atoms with Gasteiger partial charge in [0.15, 0.2) is 0 Å². The minimum absolute atomic E-state index is 0.0640. The van der Waals surface area contributed by atoms with E-state index in [2.05, 4.69) is 19.2 Å². The largest absolute Gasteiger partial charge is 0.472 e. The van der Waals surface area contributed by atoms with Gasteiger partial charge in [-0.1, -0.05) is 148 Å². The first-order valence-corrected chi connectivity index (χ1v) is 20.1. The monoisotopic (exact) mass is 662 g/mol. The number of nitrogens with zero attached hydrogens (tertiary/aromatic N) is 1. The summed E-state index contributed by atoms with van der Waals surface area (Å²) in [5.41, 5.74) is 0. The van der Waals surface area contributed by atoms with Crippen molar-refractivity contribution in [3.05, 3.63) is 12.2 Å². The van der Waals surface area contributed by atoms with E-state index in [-0.39, 0.29) is 19.1 Å². The van der Waals surface area contributed by atoms with Crippen molar-refractivity contribution in [1.82, 2.24) is 5.32 Å². The number of hydrogen-bond donors (Lipinski definition) is 3. The molecule has 1 amide bonds. The molecule has 3 atom stereocenters. The third kappa shape index (κ3) is 31.6. The van der Waals surface area contributed by atoms with Gasteiger partial charge in [0.05, 0.1) is 39.9 Å². The van der Waals surface area contributed by atoms with E-state index in [9.17, 15) is 19.4 Å². The van der Waals surface area contributed by atoms with E-state index in [1.54, 1.807) is 6.08 Å². The number of carbonyl (C=O) groups is 1. The summed E-state index contributed by atoms with van der Waals surface area (Å²) in [6.07, 6.45) is 29.8. The Morgan fingerprint density at radius 1 is 0.733 bits per heavy atom. The topological polar surface area (TPSA) is 105 Å². The Labute approximate surface area is 278 Å². The molecule has 0 aliphatic heterocycles. The summed E-state index contributed by atoms with van der Waals surface area (Å²) in [5.74, 6) is -0.180. The maximum Gasteiger partial charge on any atom is 0.472 e. The van der Waals surface area contributed by atoms with Crippen molar-refractivity contribution in [2.45, 2.75) is 174 Å². The molecule has 0 aliphatic rings. The highest BCUT2D eigenvalue weighted by atomic mass is 31.2. The number of nitrogens with one attached hydrogen (secondary N) is 1. The molecule has 0 bridgehead atoms. The Bertz CT molecular complexity index is 758. The molecule has 268 valence electrons. The molecule has 0 saturated heterocycles. The molecule has 0 saturated carbocycles. The van der Waals surface area contributed by atoms with Gasteiger partial charge in [0, 0.05) is 6.42 Å². The zero-order valence-corrected chi connectivity index (χ0v) is 31.0. The first kappa shape index (κ1) is 44.2. The summed E-state index contributed by atoms with van der Waals surface area (Å²) in [5, 5.41) is 13.7. The number of phosphoric acid groups is 1. The van der Waals surface area contributed by atoms with Gasteiger partial charge >= 0.3 is 7.82 Å². The predicted molar refractivity (Wildman–Crippen MR) is 189 cm³/mol. The van der Waals surface area contributed by atoms with Crippen LogP contribution in [0.5, 0.6) is 0 Å². The zero-order chi connectivity index (χ0) is 33.7. The third-order valence-corrected chi connectivity index (χ3v) is 9.24. The summed E-state index contributed by atoms with van der Waals surface area (Å²) < 4.78 is 23.4. The zero-order valence-electron chi connectivity index (χ0n) is 30.1. The number of amides is 1. The lowest BCUT2D eigenvalue weighted by atomic mass is 10.0. The SMILES string of the molecule is CCCCCCCCCCCC/C=C/C(O)C(COP(=O)(O)OCC[N+](C)(C)C)NC(=O)CCCCCCCCCCCCC. The lowest BCUT2D eigenvalue weighted by Crippen LogP contribution is -2.45. The lowest BCUT2D eigenvalue weighted by Gasteiger charge is -2.25. The number of rotatable bonds is 33. The number of phosphoric ester groups is 1. The number of allylic oxidation sites excluding steroid dienone is 1. The average Bonchev–Trinajstić information content (AvgIpc) is 2.97. The van der Waals surface area contributed by atoms with Crippen molar-refractivity contribution in [1.29, 1.82) is 0 Å². The molecule has 9 heteroatoms. The van der Waals surface area contributed by atoms with Crippen molar-refractivity contribution in [3.8, 4) is 0 Å². The summed E-state index contributed by atoms with van der Waals surface area (Å²) in [4.78, 5) is 22.9. The standard InChI is InChI=1S/C36H73N2O6P/c1-6-8-10-12-14-16-18-20-21-23-25-27-29-35(39)34(33-44-45(41,42)43-32-31-38(3,4)5)37-36(40)30-28-26-24-22-19-17-15-13-11-9-7-2/h27,29,34-35,39H,6-26,28,30-33H2,1-5H3,(H-,37,40,41,42)/p+1/b29-27+. The van der Waals surface area contributed by atoms with Gasteiger partial charge in [-0.3, -0.25) is 13.8 Å². The second-order valence-electron chi connectivity index (χ2n) is 14.0. The highest BCUT2D eigenvalue weighted by Crippen LogP contribution is 2.43. The molecule has 0 spiro atoms. The smallest absolute Gasteiger partial charge is 0.387 e. The van der Waals surface area contributed by atoms with Crippen LogP contribution in [0.4, 0.5) is 0 Å². The summed E-state index contributed by atoms with van der Waals surface area (Å²) >= 11 is 0. The van der Waals surface area contributed by atoms with E-state index >= 15 is 0 Å². The van der Waals surface area contributed by atoms with E-state index in [4.69, 9.17) is 9.05 Å². The number of hydrogen-bond acceptors (Lipinski definition) is 5. The van der Waals surface area contributed by atoms with E-state index in [0.29, 0.717) is 17.4 Å². The van der Waals surface area contributed by atoms with Crippen molar-refractivity contribution in [2.75, 3.05) is 40.9 Å². The van der Waals surface area contributed by atoms with Crippen LogP contribution in [-0.4, -0.2) is 73.4 Å². The fraction of sp³-hybridized carbons (Fsp3) is 0.917. The molecule has 45 heavy (non-hydrogen) atoms. The second-order valence-corrected chi connectivity index (χ2v) is 15.4. The van der Waals surface area contributed by atoms with E-state index < -0.39 is 20.0 Å². The van der Waals surface area contributed by atoms with Gasteiger partial charge in [-0.2, -0.15) is 0 Å². The van der Waals surface area contributed by atoms with Crippen LogP contribution in [0.25, 0.3) is 0 Å². The molecular weight excluding hydrogens is 587 g/mol. The van der Waals surface area contributed by atoms with Gasteiger partial charge in [-0.15, -0.1) is 0 Å². The van der Waals surface area contributed by atoms with Crippen molar-refractivity contribution >= 4 is 13.7 Å². The second kappa shape index (κ2) is 29.4. The molecule has 0 aromatic rings. The van der Waals surface area contributed by atoms with Crippen molar-refractivity contribution in [2.24, 2.45) is 0 Å². The highest BCUT2D eigenvalue weighted by Gasteiger charge is 2.27. The third-order valence-electron chi connectivity index (χ3n) is 8.26. The molecule has 0 heterocycles. The van der Waals surface area contributed by atoms with Gasteiger partial charge in [0.1, 0.15) is 13.2 Å². The van der Waals surface area contributed by atoms with Crippen LogP contribution in [0.3, 0.4) is 0 Å². The number of aliphatic hydroxyl groups is 1. The average molecular weight is 662 g/mol. The number of likely N-dealkylation sites (N-methyl/N-ethyl adjacent to an activating group) is 1. The van der Waals surface area contributed by atoms with E-state index in [1.165, 1.54) is 103 Å². The number of unbranched alkanes of at least 4 members (excludes halogenated alkanes) is 20. The molecular formula is C36H74N2O6P+. The van der Waals surface area contributed by atoms with Crippen LogP contribution >= 0.6 is 7.82 Å². The molecule has 0 rings (SSSR count). The number of aliphatic hydroxyl groups excluding tert-OH is 1. The Kier molecular flexibility index (Phi) is 28.9. The summed E-state index contributed by atoms with van der Waals surface area (Å²) in [6, 6.07) is -0.836. The van der Waals surface area contributed by atoms with Gasteiger partial charge in [0.25, 0.3) is 0 Å². The Balaban J connectivity index is 4.57. The lowest BCUT2D eigenvalue weighted by molar-refractivity contribution is -0.870. The van der Waals surface area contributed by atoms with Crippen molar-refractivity contribution < 1.29 is 32.9 Å². The van der Waals surface area contributed by atoms with Gasteiger partial charge in [0.2, 0.25) is 5.91 Å². The summed E-state index contributed by atoms with van der Waals surface area (Å²) in [6.45, 7) is 4.78. The number of quaternary nitrogens is 1. The molecule has 0 fully saturated rings. The molecule has 0 aromatic carbocycles. The molecule has 3 N–H and O–H groups in total. The van der Waals surface area contributed by atoms with Gasteiger partial charge < -0.3 is 19.8 Å². The molecule has 8 nitrogen and oxygen atoms in total. The minimum Gasteiger partial charge on any atom is -0.387 e. The Morgan fingerprint density at radius 2 is 1.18 bits per heavy atom. The van der Waals surface area contributed by atoms with Crippen LogP contribution in [0, 0.1) is 0 Å². The van der Waals surface area contributed by atoms with Crippen LogP contribution in [0.1, 0.15) is 162 Å². The normalized spacial score (nSPS) is 14.9. The van der Waals surface area contributed by atoms with Gasteiger partial charge in [-0.25, -0.2) is 4.57 Å². The van der Waals surface area contributed by atoms with E-state index in [0.717, 1.165) is 38.5 Å². The maximum atomic E-state index is 12.7. The first-order chi connectivity index (χ1) is 21.5. The first-order valence-electron chi connectivity index (χ1n) is 18.6. The van der Waals surface area contributed by atoms with E-state index in [1.807, 2.05) is 27.2 Å². The fourth-order valence-corrected chi connectivity index (χ4v) is 5.95. The fourth-order valence-electron chi connectivity index (χ4n) is 5.22. The molecule has 3 unspecified atom stereocenters. The molecule has 0 aliphatic carbocycles. The highest BCUT2D eigenvalue weighted by molar-refractivity contribution is 7.47. The van der Waals surface area contributed by atoms with Crippen LogP contribution in [0.15, 0.2) is 12.2 Å². The van der Waals surface area contributed by atoms with Crippen LogP contribution in [-0.2, 0) is 18.4 Å². The maximum absolute atomic E-state index is 12.7. The van der Waals surface area contributed by atoms with Crippen molar-refractivity contribution in [3.63, 3.8) is 0 Å². The predicted octanol–water partition coefficient (Wildman–Crippen LogP) is 9.24. The molecule has 0 aromatic heterocycles. The molecule has 0 radical (unpaired) electrons. The minimum atomic E-state index is -4.32.